The van der Waals surface area contributed by atoms with Crippen LogP contribution in [0.3, 0.4) is 0 Å². The van der Waals surface area contributed by atoms with Crippen LogP contribution in [0.1, 0.15) is 6.92 Å². The molecule has 0 aliphatic rings. The molecule has 0 amide bonds. The second kappa shape index (κ2) is 6.67. The van der Waals surface area contributed by atoms with Crippen LogP contribution in [0.15, 0.2) is 21.1 Å². The zero-order valence-electron chi connectivity index (χ0n) is 7.71. The topological polar surface area (TPSA) is 18.5 Å². The Balaban J connectivity index is 2.85. The average molecular weight is 394 g/mol. The minimum absolute atomic E-state index is 0.512. The molecule has 0 saturated heterocycles. The first kappa shape index (κ1) is 14.1. The Morgan fingerprint density at radius 3 is 2.67 bits per heavy atom. The molecule has 1 aromatic rings. The molecule has 84 valence electrons. The third-order valence-corrected chi connectivity index (χ3v) is 4.11. The van der Waals surface area contributed by atoms with Gasteiger partial charge in [-0.15, -0.1) is 0 Å². The van der Waals surface area contributed by atoms with Gasteiger partial charge in [0.15, 0.2) is 5.75 Å². The monoisotopic (exact) mass is 392 g/mol. The molecule has 15 heavy (non-hydrogen) atoms. The van der Waals surface area contributed by atoms with E-state index in [2.05, 4.69) is 44.1 Å². The number of benzene rings is 1. The predicted octanol–water partition coefficient (Wildman–Crippen LogP) is 5.44. The van der Waals surface area contributed by atoms with E-state index >= 15 is 0 Å². The SMILES string of the molecule is CCOP(S)Oc1c(Cl)cc(Br)cc1Br. The first-order chi connectivity index (χ1) is 7.04. The highest BCUT2D eigenvalue weighted by Gasteiger charge is 2.13. The highest BCUT2D eigenvalue weighted by molar-refractivity contribution is 9.11. The van der Waals surface area contributed by atoms with Crippen LogP contribution in [-0.2, 0) is 4.52 Å². The molecule has 0 aliphatic heterocycles. The average Bonchev–Trinajstić information content (AvgIpc) is 2.11. The molecule has 0 aliphatic carbocycles. The van der Waals surface area contributed by atoms with Crippen molar-refractivity contribution in [2.24, 2.45) is 0 Å². The first-order valence-electron chi connectivity index (χ1n) is 3.99. The molecule has 0 N–H and O–H groups in total. The maximum atomic E-state index is 6.01. The van der Waals surface area contributed by atoms with Gasteiger partial charge in [-0.3, -0.25) is 0 Å². The van der Waals surface area contributed by atoms with E-state index in [0.29, 0.717) is 17.4 Å². The van der Waals surface area contributed by atoms with Gasteiger partial charge in [-0.25, -0.2) is 0 Å². The number of rotatable bonds is 4. The summed E-state index contributed by atoms with van der Waals surface area (Å²) in [5.74, 6) is 0.550. The van der Waals surface area contributed by atoms with Gasteiger partial charge in [0, 0.05) is 4.47 Å². The third kappa shape index (κ3) is 4.41. The lowest BCUT2D eigenvalue weighted by Gasteiger charge is -2.14. The molecule has 0 radical (unpaired) electrons. The van der Waals surface area contributed by atoms with E-state index in [1.165, 1.54) is 0 Å². The predicted molar refractivity (Wildman–Crippen MR) is 75.0 cm³/mol. The van der Waals surface area contributed by atoms with Crippen LogP contribution in [0.25, 0.3) is 0 Å². The van der Waals surface area contributed by atoms with Gasteiger partial charge in [0.25, 0.3) is 7.58 Å². The Hall–Kier alpha value is 1.01. The molecular weight excluding hydrogens is 386 g/mol. The van der Waals surface area contributed by atoms with E-state index in [1.54, 1.807) is 6.07 Å². The number of hydrogen-bond acceptors (Lipinski definition) is 3. The van der Waals surface area contributed by atoms with Gasteiger partial charge in [0.1, 0.15) is 0 Å². The summed E-state index contributed by atoms with van der Waals surface area (Å²) in [4.78, 5) is 0. The van der Waals surface area contributed by atoms with Crippen LogP contribution in [0.5, 0.6) is 5.75 Å². The zero-order valence-corrected chi connectivity index (χ0v) is 13.4. The minimum Gasteiger partial charge on any atom is -0.437 e. The zero-order chi connectivity index (χ0) is 11.4. The number of hydrogen-bond donors (Lipinski definition) is 1. The van der Waals surface area contributed by atoms with Crippen molar-refractivity contribution < 1.29 is 9.05 Å². The van der Waals surface area contributed by atoms with Gasteiger partial charge in [0.2, 0.25) is 0 Å². The third-order valence-electron chi connectivity index (χ3n) is 1.37. The van der Waals surface area contributed by atoms with Crippen molar-refractivity contribution in [2.75, 3.05) is 6.61 Å². The van der Waals surface area contributed by atoms with E-state index in [-0.39, 0.29) is 0 Å². The molecule has 1 unspecified atom stereocenters. The molecule has 0 aromatic heterocycles. The molecular formula is C8H8Br2ClO2PS. The lowest BCUT2D eigenvalue weighted by atomic mass is 10.3. The van der Waals surface area contributed by atoms with Gasteiger partial charge in [-0.05, 0) is 35.0 Å². The highest BCUT2D eigenvalue weighted by Crippen LogP contribution is 2.48. The molecule has 0 heterocycles. The van der Waals surface area contributed by atoms with Crippen molar-refractivity contribution >= 4 is 63.3 Å². The number of thiol groups is 1. The highest BCUT2D eigenvalue weighted by atomic mass is 79.9. The molecule has 0 saturated carbocycles. The van der Waals surface area contributed by atoms with E-state index in [9.17, 15) is 0 Å². The summed E-state index contributed by atoms with van der Waals surface area (Å²) in [7, 11) is -1.23. The van der Waals surface area contributed by atoms with Crippen LogP contribution < -0.4 is 4.52 Å². The van der Waals surface area contributed by atoms with E-state index < -0.39 is 7.58 Å². The van der Waals surface area contributed by atoms with Crippen LogP contribution in [-0.4, -0.2) is 6.61 Å². The fourth-order valence-corrected chi connectivity index (χ4v) is 4.04. The number of halogens is 3. The molecule has 0 bridgehead atoms. The largest absolute Gasteiger partial charge is 0.437 e. The van der Waals surface area contributed by atoms with Gasteiger partial charge in [0.05, 0.1) is 16.1 Å². The second-order valence-corrected chi connectivity index (χ2v) is 6.52. The molecule has 0 fully saturated rings. The van der Waals surface area contributed by atoms with E-state index in [1.807, 2.05) is 13.0 Å². The molecule has 1 atom stereocenters. The summed E-state index contributed by atoms with van der Waals surface area (Å²) >= 11 is 16.9. The summed E-state index contributed by atoms with van der Waals surface area (Å²) in [5, 5.41) is 0.512. The molecule has 7 heteroatoms. The fraction of sp³-hybridized carbons (Fsp3) is 0.250. The Morgan fingerprint density at radius 1 is 1.47 bits per heavy atom. The quantitative estimate of drug-likeness (QED) is 0.542. The summed E-state index contributed by atoms with van der Waals surface area (Å²) in [6, 6.07) is 3.61. The van der Waals surface area contributed by atoms with Gasteiger partial charge in [-0.1, -0.05) is 39.8 Å². The fourth-order valence-electron chi connectivity index (χ4n) is 0.831. The Bertz CT molecular complexity index is 330. The maximum Gasteiger partial charge on any atom is 0.295 e. The summed E-state index contributed by atoms with van der Waals surface area (Å²) in [6.45, 7) is 2.44. The second-order valence-electron chi connectivity index (χ2n) is 2.45. The molecule has 2 nitrogen and oxygen atoms in total. The molecule has 0 spiro atoms. The van der Waals surface area contributed by atoms with Crippen LogP contribution >= 0.6 is 63.3 Å². The van der Waals surface area contributed by atoms with Crippen molar-refractivity contribution in [3.05, 3.63) is 26.1 Å². The lowest BCUT2D eigenvalue weighted by Crippen LogP contribution is -1.89. The van der Waals surface area contributed by atoms with E-state index in [4.69, 9.17) is 20.6 Å². The van der Waals surface area contributed by atoms with Gasteiger partial charge >= 0.3 is 0 Å². The smallest absolute Gasteiger partial charge is 0.295 e. The van der Waals surface area contributed by atoms with Crippen LogP contribution in [0.4, 0.5) is 0 Å². The maximum absolute atomic E-state index is 6.01. The normalized spacial score (nSPS) is 12.6. The van der Waals surface area contributed by atoms with Crippen LogP contribution in [0, 0.1) is 0 Å². The summed E-state index contributed by atoms with van der Waals surface area (Å²) in [6.07, 6.45) is 0. The Labute approximate surface area is 117 Å². The lowest BCUT2D eigenvalue weighted by molar-refractivity contribution is 0.346. The van der Waals surface area contributed by atoms with Crippen LogP contribution in [0.2, 0.25) is 5.02 Å². The van der Waals surface area contributed by atoms with Gasteiger partial charge < -0.3 is 9.05 Å². The standard InChI is InChI=1S/C8H8Br2ClO2PS/c1-2-12-14(15)13-8-6(10)3-5(9)4-7(8)11/h3-4,15H,2H2,1H3. The summed E-state index contributed by atoms with van der Waals surface area (Å²) in [5.41, 5.74) is 0. The molecule has 1 aromatic carbocycles. The van der Waals surface area contributed by atoms with E-state index in [0.717, 1.165) is 8.95 Å². The van der Waals surface area contributed by atoms with Crippen molar-refractivity contribution in [3.63, 3.8) is 0 Å². The first-order valence-corrected chi connectivity index (χ1v) is 8.28. The Morgan fingerprint density at radius 2 is 2.13 bits per heavy atom. The van der Waals surface area contributed by atoms with Crippen molar-refractivity contribution in [2.45, 2.75) is 6.92 Å². The van der Waals surface area contributed by atoms with Gasteiger partial charge in [-0.2, -0.15) is 0 Å². The Kier molecular flexibility index (Phi) is 6.26. The minimum atomic E-state index is -1.23. The van der Waals surface area contributed by atoms with Crippen molar-refractivity contribution in [1.82, 2.24) is 0 Å². The van der Waals surface area contributed by atoms with Crippen molar-refractivity contribution in [1.29, 1.82) is 0 Å². The summed E-state index contributed by atoms with van der Waals surface area (Å²) < 4.78 is 12.3. The van der Waals surface area contributed by atoms with Crippen molar-refractivity contribution in [3.8, 4) is 5.75 Å². The molecule has 1 rings (SSSR count).